The number of anilines is 2. The van der Waals surface area contributed by atoms with Crippen LogP contribution < -0.4 is 24.0 Å². The van der Waals surface area contributed by atoms with Crippen molar-refractivity contribution < 1.29 is 76.6 Å². The van der Waals surface area contributed by atoms with Crippen LogP contribution in [0.3, 0.4) is 0 Å². The van der Waals surface area contributed by atoms with E-state index in [1.165, 1.54) is 49.1 Å². The van der Waals surface area contributed by atoms with E-state index < -0.39 is 24.3 Å². The molecule has 2 N–H and O–H groups in total. The summed E-state index contributed by atoms with van der Waals surface area (Å²) >= 11 is -0.311. The third-order valence-corrected chi connectivity index (χ3v) is 9.44. The molecular formula is C35H40F6N2O7Ru. The molecule has 0 saturated carbocycles. The first-order valence-corrected chi connectivity index (χ1v) is 16.9. The monoisotopic (exact) mass is 816 g/mol. The Labute approximate surface area is 299 Å². The standard InChI is InChI=1S/C21H26N2.C10H12O3.2C2HF3O2.Ru/c1-14-9-16(3)20(17(4)10-14)22-7-8-23(13-22)21-18(5)11-15(2)12-19(21)6;1-7-5-9(12-3)10(13-4)6-8(7)11-2;2*3-2(4,5)1(6)7;/h9-12H,7-8H2,1-6H3;1,5-6H,2-4H3;2*(H,6,7);. The average molecular weight is 816 g/mol. The quantitative estimate of drug-likeness (QED) is 0.198. The predicted octanol–water partition coefficient (Wildman–Crippen LogP) is 7.18. The van der Waals surface area contributed by atoms with Crippen LogP contribution in [0.1, 0.15) is 38.9 Å². The second kappa shape index (κ2) is 17.7. The maximum atomic E-state index is 10.6. The molecule has 0 atom stereocenters. The van der Waals surface area contributed by atoms with E-state index in [9.17, 15) is 26.3 Å². The van der Waals surface area contributed by atoms with Crippen molar-refractivity contribution in [1.82, 2.24) is 0 Å². The maximum Gasteiger partial charge on any atom is 0.490 e. The molecular weight excluding hydrogens is 775 g/mol. The van der Waals surface area contributed by atoms with Gasteiger partial charge in [0.15, 0.2) is 0 Å². The summed E-state index contributed by atoms with van der Waals surface area (Å²) in [6.07, 6.45) is -10.2. The molecule has 0 bridgehead atoms. The van der Waals surface area contributed by atoms with Crippen molar-refractivity contribution in [3.63, 3.8) is 0 Å². The molecule has 0 unspecified atom stereocenters. The summed E-state index contributed by atoms with van der Waals surface area (Å²) in [6, 6.07) is 13.1. The Morgan fingerprint density at radius 3 is 1.24 bits per heavy atom. The van der Waals surface area contributed by atoms with Gasteiger partial charge in [0.2, 0.25) is 0 Å². The van der Waals surface area contributed by atoms with Gasteiger partial charge in [-0.3, -0.25) is 0 Å². The number of methoxy groups -OCH3 is 3. The Bertz CT molecular complexity index is 1680. The van der Waals surface area contributed by atoms with E-state index in [4.69, 9.17) is 34.0 Å². The number of benzene rings is 3. The van der Waals surface area contributed by atoms with Gasteiger partial charge in [0.05, 0.1) is 0 Å². The molecule has 0 spiro atoms. The Hall–Kier alpha value is -4.46. The van der Waals surface area contributed by atoms with Crippen LogP contribution in [0.2, 0.25) is 0 Å². The average Bonchev–Trinajstić information content (AvgIpc) is 3.40. The number of carboxylic acid groups (broad SMARTS) is 2. The van der Waals surface area contributed by atoms with Gasteiger partial charge in [-0.15, -0.1) is 0 Å². The normalized spacial score (nSPS) is 12.7. The number of carboxylic acids is 2. The van der Waals surface area contributed by atoms with Crippen LogP contribution in [-0.4, -0.2) is 77.9 Å². The molecule has 3 aromatic carbocycles. The van der Waals surface area contributed by atoms with Gasteiger partial charge in [0.25, 0.3) is 0 Å². The van der Waals surface area contributed by atoms with Crippen molar-refractivity contribution in [1.29, 1.82) is 0 Å². The van der Waals surface area contributed by atoms with Crippen LogP contribution in [0, 0.1) is 41.5 Å². The summed E-state index contributed by atoms with van der Waals surface area (Å²) in [7, 11) is 5.02. The number of alkyl halides is 6. The van der Waals surface area contributed by atoms with Gasteiger partial charge in [0, 0.05) is 0 Å². The molecule has 51 heavy (non-hydrogen) atoms. The van der Waals surface area contributed by atoms with E-state index in [0.29, 0.717) is 11.5 Å². The van der Waals surface area contributed by atoms with E-state index in [0.717, 1.165) is 24.4 Å². The summed E-state index contributed by atoms with van der Waals surface area (Å²) in [5, 5.41) is 14.2. The fourth-order valence-corrected chi connectivity index (χ4v) is 7.67. The zero-order chi connectivity index (χ0) is 39.0. The van der Waals surface area contributed by atoms with Gasteiger partial charge in [-0.2, -0.15) is 26.3 Å². The SMILES string of the molecule is COc1cc(OC)c(OC)cc1[CH]=[Ru]=[C]1N(c2c(C)cc(C)cc2C)CCN1c1c(C)cc(C)cc1C.O=C(O)C(F)(F)F.O=C(O)C(F)(F)F. The molecule has 1 aliphatic heterocycles. The van der Waals surface area contributed by atoms with Gasteiger partial charge in [-0.05, 0) is 0 Å². The van der Waals surface area contributed by atoms with E-state index in [1.807, 2.05) is 12.1 Å². The largest absolute Gasteiger partial charge is 0.490 e. The third-order valence-electron chi connectivity index (χ3n) is 7.26. The fraction of sp³-hybridized carbons (Fsp3) is 0.371. The van der Waals surface area contributed by atoms with E-state index in [1.54, 1.807) is 21.3 Å². The zero-order valence-corrected chi connectivity index (χ0v) is 31.1. The minimum atomic E-state index is -5.08. The van der Waals surface area contributed by atoms with Crippen LogP contribution in [0.25, 0.3) is 0 Å². The summed E-state index contributed by atoms with van der Waals surface area (Å²) in [5.74, 6) is -3.36. The van der Waals surface area contributed by atoms with Crippen LogP contribution in [0.4, 0.5) is 37.7 Å². The first-order chi connectivity index (χ1) is 23.6. The van der Waals surface area contributed by atoms with Crippen LogP contribution in [0.5, 0.6) is 17.2 Å². The van der Waals surface area contributed by atoms with Crippen LogP contribution in [0.15, 0.2) is 36.4 Å². The zero-order valence-electron chi connectivity index (χ0n) is 29.4. The number of aliphatic carboxylic acids is 2. The molecule has 282 valence electrons. The van der Waals surface area contributed by atoms with Crippen molar-refractivity contribution in [2.45, 2.75) is 53.9 Å². The summed E-state index contributed by atoms with van der Waals surface area (Å²) in [6.45, 7) is 15.2. The van der Waals surface area contributed by atoms with Gasteiger partial charge in [-0.25, -0.2) is 9.59 Å². The molecule has 3 aromatic rings. The van der Waals surface area contributed by atoms with Crippen molar-refractivity contribution in [2.24, 2.45) is 0 Å². The molecule has 1 saturated heterocycles. The molecule has 4 rings (SSSR count). The second-order valence-electron chi connectivity index (χ2n) is 11.3. The van der Waals surface area contributed by atoms with Crippen LogP contribution in [-0.2, 0) is 25.8 Å². The third kappa shape index (κ3) is 11.3. The smallest absolute Gasteiger partial charge is 0.475 e. The number of hydrogen-bond acceptors (Lipinski definition) is 7. The number of rotatable bonds is 6. The predicted molar refractivity (Wildman–Crippen MR) is 180 cm³/mol. The second-order valence-corrected chi connectivity index (χ2v) is 13.1. The van der Waals surface area contributed by atoms with Gasteiger partial charge in [0.1, 0.15) is 0 Å². The van der Waals surface area contributed by atoms with Gasteiger partial charge >= 0.3 is 253 Å². The van der Waals surface area contributed by atoms with Gasteiger partial charge in [-0.1, -0.05) is 0 Å². The fourth-order valence-electron chi connectivity index (χ4n) is 5.47. The Morgan fingerprint density at radius 1 is 0.627 bits per heavy atom. The molecule has 1 fully saturated rings. The Balaban J connectivity index is 0.000000543. The van der Waals surface area contributed by atoms with Crippen molar-refractivity contribution in [2.75, 3.05) is 44.2 Å². The molecule has 0 aromatic heterocycles. The molecule has 9 nitrogen and oxygen atoms in total. The first-order valence-electron chi connectivity index (χ1n) is 15.0. The van der Waals surface area contributed by atoms with E-state index >= 15 is 0 Å². The minimum absolute atomic E-state index is 0.311. The number of ether oxygens (including phenoxy) is 3. The first kappa shape index (κ1) is 42.7. The topological polar surface area (TPSA) is 109 Å². The van der Waals surface area contributed by atoms with Gasteiger partial charge < -0.3 is 10.2 Å². The summed E-state index contributed by atoms with van der Waals surface area (Å²) in [4.78, 5) is 22.9. The minimum Gasteiger partial charge on any atom is -0.475 e. The summed E-state index contributed by atoms with van der Waals surface area (Å²) < 4.78 is 84.0. The van der Waals surface area contributed by atoms with Crippen molar-refractivity contribution in [3.05, 3.63) is 75.3 Å². The number of nitrogens with zero attached hydrogens (tertiary/aromatic N) is 2. The van der Waals surface area contributed by atoms with Crippen LogP contribution >= 0.6 is 0 Å². The maximum absolute atomic E-state index is 10.6. The van der Waals surface area contributed by atoms with E-state index in [-0.39, 0.29) is 16.2 Å². The molecule has 1 heterocycles. The Kier molecular flexibility index (Phi) is 14.8. The molecule has 0 radical (unpaired) electrons. The van der Waals surface area contributed by atoms with E-state index in [2.05, 4.69) is 80.2 Å². The number of hydrogen-bond donors (Lipinski definition) is 2. The van der Waals surface area contributed by atoms with Crippen molar-refractivity contribution >= 4 is 32.3 Å². The molecule has 0 amide bonds. The molecule has 16 heteroatoms. The summed E-state index contributed by atoms with van der Waals surface area (Å²) in [5.41, 5.74) is 11.5. The number of carbonyl (C=O) groups is 2. The number of halogens is 6. The number of aryl methyl sites for hydroxylation is 6. The Morgan fingerprint density at radius 2 is 0.941 bits per heavy atom. The van der Waals surface area contributed by atoms with Crippen molar-refractivity contribution in [3.8, 4) is 17.2 Å². The molecule has 0 aliphatic carbocycles. The molecule has 1 aliphatic rings.